The molecule has 0 bridgehead atoms. The van der Waals surface area contributed by atoms with E-state index in [0.717, 1.165) is 19.6 Å². The molecular weight excluding hydrogens is 212 g/mol. The van der Waals surface area contributed by atoms with Crippen LogP contribution in [-0.4, -0.2) is 36.2 Å². The number of nitriles is 1. The standard InChI is InChI=1S/C14H24N2O/c1-2-16(11-5-10-15)12-13-6-9-14(17-13)7-3-4-8-14/h13H,2-9,11-12H2,1H3. The third-order valence-electron chi connectivity index (χ3n) is 4.30. The number of rotatable bonds is 5. The molecule has 0 radical (unpaired) electrons. The Morgan fingerprint density at radius 3 is 2.76 bits per heavy atom. The number of nitrogens with zero attached hydrogens (tertiary/aromatic N) is 2. The molecule has 1 aliphatic heterocycles. The second-order valence-electron chi connectivity index (χ2n) is 5.47. The Kier molecular flexibility index (Phi) is 4.42. The first kappa shape index (κ1) is 12.9. The van der Waals surface area contributed by atoms with Crippen molar-refractivity contribution in [2.24, 2.45) is 0 Å². The summed E-state index contributed by atoms with van der Waals surface area (Å²) in [6.45, 7) is 5.09. The first-order valence-corrected chi connectivity index (χ1v) is 7.05. The van der Waals surface area contributed by atoms with Gasteiger partial charge in [0.2, 0.25) is 0 Å². The largest absolute Gasteiger partial charge is 0.370 e. The summed E-state index contributed by atoms with van der Waals surface area (Å²) >= 11 is 0. The van der Waals surface area contributed by atoms with Gasteiger partial charge in [-0.2, -0.15) is 5.26 Å². The average Bonchev–Trinajstić information content (AvgIpc) is 2.96. The van der Waals surface area contributed by atoms with Crippen molar-refractivity contribution in [2.45, 2.75) is 63.6 Å². The normalized spacial score (nSPS) is 26.8. The zero-order chi connectivity index (χ0) is 12.1. The molecule has 0 amide bonds. The lowest BCUT2D eigenvalue weighted by Gasteiger charge is -2.27. The smallest absolute Gasteiger partial charge is 0.0710 e. The molecule has 0 aromatic carbocycles. The van der Waals surface area contributed by atoms with Gasteiger partial charge in [0.1, 0.15) is 0 Å². The molecule has 17 heavy (non-hydrogen) atoms. The van der Waals surface area contributed by atoms with E-state index in [9.17, 15) is 0 Å². The molecule has 0 N–H and O–H groups in total. The van der Waals surface area contributed by atoms with Gasteiger partial charge in [-0.15, -0.1) is 0 Å². The van der Waals surface area contributed by atoms with Gasteiger partial charge < -0.3 is 9.64 Å². The fraction of sp³-hybridized carbons (Fsp3) is 0.929. The van der Waals surface area contributed by atoms with Crippen molar-refractivity contribution in [1.82, 2.24) is 4.90 Å². The summed E-state index contributed by atoms with van der Waals surface area (Å²) in [4.78, 5) is 2.35. The third-order valence-corrected chi connectivity index (χ3v) is 4.30. The maximum atomic E-state index is 8.63. The third kappa shape index (κ3) is 3.20. The van der Waals surface area contributed by atoms with Crippen LogP contribution in [0.1, 0.15) is 51.9 Å². The first-order chi connectivity index (χ1) is 8.28. The molecule has 3 nitrogen and oxygen atoms in total. The van der Waals surface area contributed by atoms with Crippen molar-refractivity contribution >= 4 is 0 Å². The molecule has 1 saturated carbocycles. The summed E-state index contributed by atoms with van der Waals surface area (Å²) in [5, 5.41) is 8.63. The quantitative estimate of drug-likeness (QED) is 0.736. The van der Waals surface area contributed by atoms with Gasteiger partial charge in [-0.25, -0.2) is 0 Å². The van der Waals surface area contributed by atoms with Crippen LogP contribution in [0.4, 0.5) is 0 Å². The topological polar surface area (TPSA) is 36.3 Å². The van der Waals surface area contributed by atoms with Crippen LogP contribution in [0.2, 0.25) is 0 Å². The number of ether oxygens (including phenoxy) is 1. The predicted octanol–water partition coefficient (Wildman–Crippen LogP) is 2.71. The van der Waals surface area contributed by atoms with E-state index in [-0.39, 0.29) is 5.60 Å². The van der Waals surface area contributed by atoms with Gasteiger partial charge >= 0.3 is 0 Å². The highest BCUT2D eigenvalue weighted by Gasteiger charge is 2.42. The molecular formula is C14H24N2O. The minimum Gasteiger partial charge on any atom is -0.370 e. The maximum absolute atomic E-state index is 8.63. The number of likely N-dealkylation sites (N-methyl/N-ethyl adjacent to an activating group) is 1. The molecule has 0 aromatic rings. The lowest BCUT2D eigenvalue weighted by Crippen LogP contribution is -2.35. The summed E-state index contributed by atoms with van der Waals surface area (Å²) in [5.41, 5.74) is 0.249. The van der Waals surface area contributed by atoms with Crippen LogP contribution in [-0.2, 0) is 4.74 Å². The van der Waals surface area contributed by atoms with E-state index in [2.05, 4.69) is 17.9 Å². The Morgan fingerprint density at radius 2 is 2.12 bits per heavy atom. The Bertz CT molecular complexity index is 278. The van der Waals surface area contributed by atoms with Crippen LogP contribution in [0.15, 0.2) is 0 Å². The van der Waals surface area contributed by atoms with Crippen molar-refractivity contribution in [2.75, 3.05) is 19.6 Å². The number of hydrogen-bond acceptors (Lipinski definition) is 3. The van der Waals surface area contributed by atoms with E-state index in [1.54, 1.807) is 0 Å². The molecule has 2 rings (SSSR count). The van der Waals surface area contributed by atoms with Gasteiger partial charge in [-0.3, -0.25) is 0 Å². The van der Waals surface area contributed by atoms with Gasteiger partial charge in [0.05, 0.1) is 17.8 Å². The molecule has 1 heterocycles. The average molecular weight is 236 g/mol. The molecule has 1 aliphatic carbocycles. The fourth-order valence-corrected chi connectivity index (χ4v) is 3.29. The highest BCUT2D eigenvalue weighted by atomic mass is 16.5. The second-order valence-corrected chi connectivity index (χ2v) is 5.47. The van der Waals surface area contributed by atoms with E-state index in [0.29, 0.717) is 12.5 Å². The Morgan fingerprint density at radius 1 is 1.35 bits per heavy atom. The van der Waals surface area contributed by atoms with Crippen LogP contribution >= 0.6 is 0 Å². The minimum absolute atomic E-state index is 0.249. The minimum atomic E-state index is 0.249. The van der Waals surface area contributed by atoms with Crippen LogP contribution in [0, 0.1) is 11.3 Å². The van der Waals surface area contributed by atoms with E-state index < -0.39 is 0 Å². The molecule has 1 saturated heterocycles. The Labute approximate surface area is 105 Å². The van der Waals surface area contributed by atoms with Gasteiger partial charge in [-0.05, 0) is 32.2 Å². The highest BCUT2D eigenvalue weighted by molar-refractivity contribution is 4.93. The van der Waals surface area contributed by atoms with Gasteiger partial charge in [-0.1, -0.05) is 19.8 Å². The summed E-state index contributed by atoms with van der Waals surface area (Å²) < 4.78 is 6.30. The van der Waals surface area contributed by atoms with Crippen molar-refractivity contribution in [3.05, 3.63) is 0 Å². The first-order valence-electron chi connectivity index (χ1n) is 7.05. The summed E-state index contributed by atoms with van der Waals surface area (Å²) in [5.74, 6) is 0. The zero-order valence-electron chi connectivity index (χ0n) is 11.0. The number of hydrogen-bond donors (Lipinski definition) is 0. The molecule has 1 atom stereocenters. The van der Waals surface area contributed by atoms with Crippen molar-refractivity contribution in [1.29, 1.82) is 5.26 Å². The SMILES string of the molecule is CCN(CCC#N)CC1CCC2(CCCC2)O1. The summed E-state index contributed by atoms with van der Waals surface area (Å²) in [6.07, 6.45) is 8.74. The lowest BCUT2D eigenvalue weighted by atomic mass is 9.98. The van der Waals surface area contributed by atoms with Gasteiger partial charge in [0, 0.05) is 19.5 Å². The molecule has 1 unspecified atom stereocenters. The van der Waals surface area contributed by atoms with Crippen molar-refractivity contribution in [3.8, 4) is 6.07 Å². The maximum Gasteiger partial charge on any atom is 0.0710 e. The summed E-state index contributed by atoms with van der Waals surface area (Å²) in [6, 6.07) is 2.22. The predicted molar refractivity (Wildman–Crippen MR) is 67.7 cm³/mol. The highest BCUT2D eigenvalue weighted by Crippen LogP contribution is 2.43. The molecule has 0 aromatic heterocycles. The van der Waals surface area contributed by atoms with E-state index in [4.69, 9.17) is 10.00 Å². The second kappa shape index (κ2) is 5.84. The van der Waals surface area contributed by atoms with Gasteiger partial charge in [0.15, 0.2) is 0 Å². The van der Waals surface area contributed by atoms with E-state index in [1.807, 2.05) is 0 Å². The van der Waals surface area contributed by atoms with Crippen LogP contribution < -0.4 is 0 Å². The molecule has 2 aliphatic rings. The molecule has 96 valence electrons. The molecule has 1 spiro atoms. The van der Waals surface area contributed by atoms with Crippen LogP contribution in [0.25, 0.3) is 0 Å². The zero-order valence-corrected chi connectivity index (χ0v) is 11.0. The molecule has 3 heteroatoms. The van der Waals surface area contributed by atoms with Crippen LogP contribution in [0.5, 0.6) is 0 Å². The van der Waals surface area contributed by atoms with E-state index in [1.165, 1.54) is 38.5 Å². The van der Waals surface area contributed by atoms with Crippen LogP contribution in [0.3, 0.4) is 0 Å². The lowest BCUT2D eigenvalue weighted by molar-refractivity contribution is -0.0466. The molecule has 2 fully saturated rings. The van der Waals surface area contributed by atoms with Crippen molar-refractivity contribution in [3.63, 3.8) is 0 Å². The fourth-order valence-electron chi connectivity index (χ4n) is 3.29. The van der Waals surface area contributed by atoms with Crippen molar-refractivity contribution < 1.29 is 4.74 Å². The Balaban J connectivity index is 1.78. The monoisotopic (exact) mass is 236 g/mol. The Hall–Kier alpha value is -0.590. The summed E-state index contributed by atoms with van der Waals surface area (Å²) in [7, 11) is 0. The van der Waals surface area contributed by atoms with Gasteiger partial charge in [0.25, 0.3) is 0 Å². The van der Waals surface area contributed by atoms with E-state index >= 15 is 0 Å².